The third-order valence-electron chi connectivity index (χ3n) is 4.68. The predicted octanol–water partition coefficient (Wildman–Crippen LogP) is 1.92. The van der Waals surface area contributed by atoms with Gasteiger partial charge in [0.1, 0.15) is 10.6 Å². The first-order chi connectivity index (χ1) is 11.9. The van der Waals surface area contributed by atoms with Gasteiger partial charge in [0.25, 0.3) is 5.91 Å². The fourth-order valence-electron chi connectivity index (χ4n) is 3.41. The highest BCUT2D eigenvalue weighted by Gasteiger charge is 2.32. The Hall–Kier alpha value is -2.61. The summed E-state index contributed by atoms with van der Waals surface area (Å²) in [6.45, 7) is 1.06. The number of hydrogen-bond acceptors (Lipinski definition) is 4. The van der Waals surface area contributed by atoms with Crippen molar-refractivity contribution in [2.24, 2.45) is 0 Å². The summed E-state index contributed by atoms with van der Waals surface area (Å²) in [4.78, 5) is 17.9. The van der Waals surface area contributed by atoms with Gasteiger partial charge in [0, 0.05) is 36.2 Å². The van der Waals surface area contributed by atoms with E-state index in [-0.39, 0.29) is 16.7 Å². The second-order valence-corrected chi connectivity index (χ2v) is 8.41. The van der Waals surface area contributed by atoms with Crippen molar-refractivity contribution in [2.75, 3.05) is 19.3 Å². The van der Waals surface area contributed by atoms with Gasteiger partial charge in [-0.1, -0.05) is 18.2 Å². The van der Waals surface area contributed by atoms with Crippen LogP contribution >= 0.6 is 0 Å². The van der Waals surface area contributed by atoms with Crippen molar-refractivity contribution >= 4 is 26.6 Å². The number of hydrogen-bond donors (Lipinski definition) is 2. The third kappa shape index (κ3) is 2.82. The van der Waals surface area contributed by atoms with E-state index in [0.717, 1.165) is 10.9 Å². The van der Waals surface area contributed by atoms with E-state index in [4.69, 9.17) is 0 Å². The molecule has 0 aliphatic carbocycles. The Bertz CT molecular complexity index is 1020. The minimum absolute atomic E-state index is 0.0550. The summed E-state index contributed by atoms with van der Waals surface area (Å²) in [5.74, 6) is -0.125. The van der Waals surface area contributed by atoms with Crippen LogP contribution in [0.2, 0.25) is 0 Å². The van der Waals surface area contributed by atoms with Crippen molar-refractivity contribution in [1.29, 1.82) is 0 Å². The molecule has 0 bridgehead atoms. The smallest absolute Gasteiger partial charge is 0.270 e. The standard InChI is InChI=1S/C17H18N4O3S/c1-25(23,24)15-9-18-20-16(15)12-6-7-21(10-12)17(22)14-8-11-4-2-3-5-13(11)19-14/h2-5,8-9,12,19H,6-7,10H2,1H3,(H,18,20). The highest BCUT2D eigenvalue weighted by molar-refractivity contribution is 7.90. The first-order valence-electron chi connectivity index (χ1n) is 8.04. The van der Waals surface area contributed by atoms with Crippen LogP contribution in [-0.4, -0.2) is 53.8 Å². The van der Waals surface area contributed by atoms with E-state index in [0.29, 0.717) is 30.9 Å². The van der Waals surface area contributed by atoms with Gasteiger partial charge >= 0.3 is 0 Å². The number of H-pyrrole nitrogens is 2. The van der Waals surface area contributed by atoms with Crippen LogP contribution in [0.25, 0.3) is 10.9 Å². The van der Waals surface area contributed by atoms with Crippen molar-refractivity contribution in [2.45, 2.75) is 17.2 Å². The summed E-state index contributed by atoms with van der Waals surface area (Å²) < 4.78 is 23.7. The number of para-hydroxylation sites is 1. The molecule has 1 aromatic carbocycles. The quantitative estimate of drug-likeness (QED) is 0.747. The molecule has 2 N–H and O–H groups in total. The van der Waals surface area contributed by atoms with Gasteiger partial charge in [-0.15, -0.1) is 0 Å². The average molecular weight is 358 g/mol. The normalized spacial score (nSPS) is 18.1. The zero-order valence-corrected chi connectivity index (χ0v) is 14.5. The Balaban J connectivity index is 1.56. The molecule has 25 heavy (non-hydrogen) atoms. The summed E-state index contributed by atoms with van der Waals surface area (Å²) in [6.07, 6.45) is 3.22. The maximum Gasteiger partial charge on any atom is 0.270 e. The van der Waals surface area contributed by atoms with Gasteiger partial charge in [0.15, 0.2) is 9.84 Å². The summed E-state index contributed by atoms with van der Waals surface area (Å²) in [7, 11) is -3.34. The number of benzene rings is 1. The van der Waals surface area contributed by atoms with E-state index in [2.05, 4.69) is 15.2 Å². The maximum absolute atomic E-state index is 12.8. The molecular weight excluding hydrogens is 340 g/mol. The average Bonchev–Trinajstić information content (AvgIpc) is 3.29. The Kier molecular flexibility index (Phi) is 3.64. The molecule has 0 spiro atoms. The molecule has 1 aliphatic heterocycles. The third-order valence-corrected chi connectivity index (χ3v) is 5.80. The lowest BCUT2D eigenvalue weighted by Crippen LogP contribution is -2.28. The molecule has 1 unspecified atom stereocenters. The molecule has 0 radical (unpaired) electrons. The summed E-state index contributed by atoms with van der Waals surface area (Å²) in [5.41, 5.74) is 2.07. The molecule has 3 aromatic rings. The number of nitrogens with one attached hydrogen (secondary N) is 2. The van der Waals surface area contributed by atoms with Crippen molar-refractivity contribution < 1.29 is 13.2 Å². The number of likely N-dealkylation sites (tertiary alicyclic amines) is 1. The summed E-state index contributed by atoms with van der Waals surface area (Å²) in [5, 5.41) is 7.67. The maximum atomic E-state index is 12.8. The Morgan fingerprint density at radius 3 is 2.88 bits per heavy atom. The Morgan fingerprint density at radius 2 is 2.12 bits per heavy atom. The van der Waals surface area contributed by atoms with Gasteiger partial charge in [-0.2, -0.15) is 5.10 Å². The predicted molar refractivity (Wildman–Crippen MR) is 93.3 cm³/mol. The second kappa shape index (κ2) is 5.73. The van der Waals surface area contributed by atoms with E-state index < -0.39 is 9.84 Å². The highest BCUT2D eigenvalue weighted by atomic mass is 32.2. The summed E-state index contributed by atoms with van der Waals surface area (Å²) >= 11 is 0. The summed E-state index contributed by atoms with van der Waals surface area (Å²) in [6, 6.07) is 9.59. The van der Waals surface area contributed by atoms with Crippen LogP contribution in [-0.2, 0) is 9.84 Å². The Morgan fingerprint density at radius 1 is 1.32 bits per heavy atom. The van der Waals surface area contributed by atoms with Crippen LogP contribution in [0.5, 0.6) is 0 Å². The SMILES string of the molecule is CS(=O)(=O)c1cn[nH]c1C1CCN(C(=O)c2cc3ccccc3[nH]2)C1. The van der Waals surface area contributed by atoms with Crippen LogP contribution in [0.4, 0.5) is 0 Å². The van der Waals surface area contributed by atoms with E-state index in [1.54, 1.807) is 4.90 Å². The topological polar surface area (TPSA) is 98.9 Å². The zero-order valence-electron chi connectivity index (χ0n) is 13.7. The van der Waals surface area contributed by atoms with Crippen LogP contribution in [0.1, 0.15) is 28.5 Å². The van der Waals surface area contributed by atoms with Gasteiger partial charge < -0.3 is 9.88 Å². The molecule has 4 rings (SSSR count). The molecule has 1 atom stereocenters. The number of fused-ring (bicyclic) bond motifs is 1. The fraction of sp³-hybridized carbons (Fsp3) is 0.294. The minimum atomic E-state index is -3.34. The molecule has 2 aromatic heterocycles. The number of carbonyl (C=O) groups is 1. The number of sulfone groups is 1. The molecule has 130 valence electrons. The van der Waals surface area contributed by atoms with Gasteiger partial charge in [0.05, 0.1) is 11.9 Å². The van der Waals surface area contributed by atoms with Crippen molar-refractivity contribution in [3.63, 3.8) is 0 Å². The van der Waals surface area contributed by atoms with Crippen molar-refractivity contribution in [3.8, 4) is 0 Å². The molecule has 7 nitrogen and oxygen atoms in total. The minimum Gasteiger partial charge on any atom is -0.351 e. The van der Waals surface area contributed by atoms with E-state index in [1.807, 2.05) is 30.3 Å². The number of rotatable bonds is 3. The molecule has 1 aliphatic rings. The first kappa shape index (κ1) is 15.9. The lowest BCUT2D eigenvalue weighted by atomic mass is 10.1. The van der Waals surface area contributed by atoms with Crippen LogP contribution < -0.4 is 0 Å². The van der Waals surface area contributed by atoms with Crippen LogP contribution in [0.3, 0.4) is 0 Å². The van der Waals surface area contributed by atoms with Gasteiger partial charge in [-0.3, -0.25) is 9.89 Å². The molecule has 1 amide bonds. The van der Waals surface area contributed by atoms with Gasteiger partial charge in [-0.25, -0.2) is 8.42 Å². The number of carbonyl (C=O) groups excluding carboxylic acids is 1. The van der Waals surface area contributed by atoms with Crippen molar-refractivity contribution in [1.82, 2.24) is 20.1 Å². The lowest BCUT2D eigenvalue weighted by Gasteiger charge is -2.15. The second-order valence-electron chi connectivity index (χ2n) is 6.43. The number of aromatic nitrogens is 3. The van der Waals surface area contributed by atoms with Gasteiger partial charge in [0.2, 0.25) is 0 Å². The number of amides is 1. The number of nitrogens with zero attached hydrogens (tertiary/aromatic N) is 2. The van der Waals surface area contributed by atoms with Crippen LogP contribution in [0.15, 0.2) is 41.4 Å². The van der Waals surface area contributed by atoms with E-state index in [1.165, 1.54) is 12.5 Å². The monoisotopic (exact) mass is 358 g/mol. The van der Waals surface area contributed by atoms with E-state index in [9.17, 15) is 13.2 Å². The molecule has 1 saturated heterocycles. The fourth-order valence-corrected chi connectivity index (χ4v) is 4.27. The van der Waals surface area contributed by atoms with E-state index >= 15 is 0 Å². The Labute approximate surface area is 145 Å². The number of aromatic amines is 2. The molecular formula is C17H18N4O3S. The highest BCUT2D eigenvalue weighted by Crippen LogP contribution is 2.31. The molecule has 0 saturated carbocycles. The first-order valence-corrected chi connectivity index (χ1v) is 9.93. The zero-order chi connectivity index (χ0) is 17.6. The van der Waals surface area contributed by atoms with Gasteiger partial charge in [-0.05, 0) is 18.6 Å². The largest absolute Gasteiger partial charge is 0.351 e. The lowest BCUT2D eigenvalue weighted by molar-refractivity contribution is 0.0785. The molecule has 1 fully saturated rings. The van der Waals surface area contributed by atoms with Crippen molar-refractivity contribution in [3.05, 3.63) is 47.9 Å². The van der Waals surface area contributed by atoms with Crippen LogP contribution in [0, 0.1) is 0 Å². The molecule has 3 heterocycles. The molecule has 8 heteroatoms.